The van der Waals surface area contributed by atoms with Crippen molar-refractivity contribution >= 4 is 39.2 Å². The first-order chi connectivity index (χ1) is 17.4. The van der Waals surface area contributed by atoms with Gasteiger partial charge in [0, 0.05) is 0 Å². The second-order valence-corrected chi connectivity index (χ2v) is 25.0. The molecule has 10 heteroatoms. The molecule has 0 amide bonds. The number of hydrogen-bond donors (Lipinski definition) is 0. The van der Waals surface area contributed by atoms with E-state index in [0.29, 0.717) is 0 Å². The molecule has 0 aromatic carbocycles. The van der Waals surface area contributed by atoms with Gasteiger partial charge in [-0.1, -0.05) is 35.4 Å². The normalized spacial score (nSPS) is 16.8. The summed E-state index contributed by atoms with van der Waals surface area (Å²) in [5, 5.41) is 0. The summed E-state index contributed by atoms with van der Waals surface area (Å²) in [4.78, 5) is -0.0373. The SMILES string of the molecule is CCC(SSC(CC)[Si](OC(C)(C)C)(OC(C)(C)C)OC(C)(C)C)[Si](OC(C)(C)C)(OC(C)(C)C)OC(C)(C)C. The van der Waals surface area contributed by atoms with Crippen molar-refractivity contribution in [3.63, 3.8) is 0 Å². The lowest BCUT2D eigenvalue weighted by atomic mass is 10.2. The summed E-state index contributed by atoms with van der Waals surface area (Å²) in [5.74, 6) is 0. The summed E-state index contributed by atoms with van der Waals surface area (Å²) in [5.41, 5.74) is -2.64. The van der Waals surface area contributed by atoms with E-state index in [2.05, 4.69) is 138 Å². The Kier molecular flexibility index (Phi) is 14.7. The molecule has 0 heterocycles. The van der Waals surface area contributed by atoms with Crippen LogP contribution in [-0.4, -0.2) is 61.0 Å². The Bertz CT molecular complexity index is 608. The van der Waals surface area contributed by atoms with Gasteiger partial charge in [-0.3, -0.25) is 0 Å². The van der Waals surface area contributed by atoms with E-state index in [4.69, 9.17) is 26.6 Å². The van der Waals surface area contributed by atoms with Crippen molar-refractivity contribution < 1.29 is 26.6 Å². The van der Waals surface area contributed by atoms with E-state index in [1.165, 1.54) is 0 Å². The van der Waals surface area contributed by atoms with E-state index in [-0.39, 0.29) is 9.75 Å². The van der Waals surface area contributed by atoms with Gasteiger partial charge in [0.1, 0.15) is 0 Å². The molecular formula is C30H66O6S2Si2. The Labute approximate surface area is 259 Å². The molecule has 6 nitrogen and oxygen atoms in total. The van der Waals surface area contributed by atoms with E-state index in [9.17, 15) is 0 Å². The van der Waals surface area contributed by atoms with Crippen LogP contribution in [0.4, 0.5) is 0 Å². The van der Waals surface area contributed by atoms with Gasteiger partial charge in [0.25, 0.3) is 0 Å². The highest BCUT2D eigenvalue weighted by Gasteiger charge is 2.59. The fourth-order valence-corrected chi connectivity index (χ4v) is 18.2. The van der Waals surface area contributed by atoms with Gasteiger partial charge in [0.05, 0.1) is 43.4 Å². The van der Waals surface area contributed by atoms with Crippen LogP contribution in [0.15, 0.2) is 0 Å². The second kappa shape index (κ2) is 14.3. The molecule has 0 saturated carbocycles. The maximum atomic E-state index is 6.90. The zero-order valence-corrected chi connectivity index (χ0v) is 33.5. The zero-order valence-electron chi connectivity index (χ0n) is 29.8. The topological polar surface area (TPSA) is 55.4 Å². The highest BCUT2D eigenvalue weighted by atomic mass is 33.1. The summed E-state index contributed by atoms with van der Waals surface area (Å²) >= 11 is 0. The smallest absolute Gasteiger partial charge is 0.368 e. The number of rotatable bonds is 13. The van der Waals surface area contributed by atoms with Gasteiger partial charge in [-0.2, -0.15) is 0 Å². The predicted molar refractivity (Wildman–Crippen MR) is 180 cm³/mol. The van der Waals surface area contributed by atoms with E-state index < -0.39 is 51.2 Å². The van der Waals surface area contributed by atoms with Crippen LogP contribution < -0.4 is 0 Å². The highest BCUT2D eigenvalue weighted by Crippen LogP contribution is 2.47. The van der Waals surface area contributed by atoms with E-state index in [1.807, 2.05) is 0 Å². The molecule has 0 aromatic heterocycles. The third kappa shape index (κ3) is 16.7. The monoisotopic (exact) mass is 642 g/mol. The first-order valence-corrected chi connectivity index (χ1v) is 20.8. The average Bonchev–Trinajstić information content (AvgIpc) is 2.55. The van der Waals surface area contributed by atoms with Crippen molar-refractivity contribution in [2.45, 2.75) is 195 Å². The molecule has 0 fully saturated rings. The second-order valence-electron chi connectivity index (χ2n) is 16.5. The van der Waals surface area contributed by atoms with Crippen LogP contribution in [0.25, 0.3) is 0 Å². The summed E-state index contributed by atoms with van der Waals surface area (Å²) in [7, 11) is -2.98. The molecule has 0 aromatic rings. The minimum atomic E-state index is -3.28. The van der Waals surface area contributed by atoms with Crippen molar-refractivity contribution in [2.75, 3.05) is 0 Å². The van der Waals surface area contributed by atoms with Gasteiger partial charge in [-0.15, -0.1) is 0 Å². The molecule has 0 N–H and O–H groups in total. The van der Waals surface area contributed by atoms with Crippen LogP contribution in [0, 0.1) is 0 Å². The third-order valence-electron chi connectivity index (χ3n) is 4.51. The highest BCUT2D eigenvalue weighted by molar-refractivity contribution is 8.77. The lowest BCUT2D eigenvalue weighted by Crippen LogP contribution is -2.64. The molecule has 0 aliphatic rings. The van der Waals surface area contributed by atoms with Gasteiger partial charge >= 0.3 is 17.6 Å². The Morgan fingerprint density at radius 1 is 0.375 bits per heavy atom. The molecule has 0 bridgehead atoms. The van der Waals surface area contributed by atoms with Crippen LogP contribution in [-0.2, 0) is 26.6 Å². The molecule has 40 heavy (non-hydrogen) atoms. The standard InChI is InChI=1S/C30H66O6S2Si2/c1-21-23(39(31-25(3,4)5,32-26(6,7)8)33-27(9,10)11)37-38-24(22-2)40(34-28(12,13)14,35-29(15,16)17)36-30(18,19)20/h23-24H,21-22H2,1-20H3. The molecule has 0 aliphatic carbocycles. The van der Waals surface area contributed by atoms with Crippen LogP contribution in [0.5, 0.6) is 0 Å². The van der Waals surface area contributed by atoms with Gasteiger partial charge in [0.15, 0.2) is 0 Å². The molecule has 0 saturated heterocycles. The summed E-state index contributed by atoms with van der Waals surface area (Å²) in [6, 6.07) is 0. The Hall–Kier alpha value is 0.894. The lowest BCUT2D eigenvalue weighted by molar-refractivity contribution is -0.0783. The average molecular weight is 643 g/mol. The van der Waals surface area contributed by atoms with Crippen LogP contribution >= 0.6 is 21.6 Å². The maximum Gasteiger partial charge on any atom is 0.516 e. The number of hydrogen-bond acceptors (Lipinski definition) is 8. The first-order valence-electron chi connectivity index (χ1n) is 14.9. The van der Waals surface area contributed by atoms with Crippen molar-refractivity contribution in [3.8, 4) is 0 Å². The van der Waals surface area contributed by atoms with E-state index in [1.54, 1.807) is 21.6 Å². The largest absolute Gasteiger partial charge is 0.516 e. The molecule has 2 unspecified atom stereocenters. The molecule has 0 aliphatic heterocycles. The quantitative estimate of drug-likeness (QED) is 0.145. The maximum absolute atomic E-state index is 6.90. The summed E-state index contributed by atoms with van der Waals surface area (Å²) in [6.45, 7) is 41.8. The molecule has 0 rings (SSSR count). The summed E-state index contributed by atoms with van der Waals surface area (Å²) in [6.07, 6.45) is 1.66. The van der Waals surface area contributed by atoms with Crippen molar-refractivity contribution in [1.29, 1.82) is 0 Å². The minimum absolute atomic E-state index is 0.0187. The van der Waals surface area contributed by atoms with E-state index in [0.717, 1.165) is 12.8 Å². The molecule has 2 atom stereocenters. The molecule has 242 valence electrons. The summed E-state index contributed by atoms with van der Waals surface area (Å²) < 4.78 is 41.4. The lowest BCUT2D eigenvalue weighted by Gasteiger charge is -2.47. The van der Waals surface area contributed by atoms with Crippen LogP contribution in [0.1, 0.15) is 151 Å². The van der Waals surface area contributed by atoms with Gasteiger partial charge < -0.3 is 26.6 Å². The molecule has 0 spiro atoms. The van der Waals surface area contributed by atoms with Gasteiger partial charge in [-0.05, 0) is 137 Å². The van der Waals surface area contributed by atoms with Crippen LogP contribution in [0.3, 0.4) is 0 Å². The fourth-order valence-electron chi connectivity index (χ4n) is 3.97. The Morgan fingerprint density at radius 3 is 0.625 bits per heavy atom. The van der Waals surface area contributed by atoms with Crippen molar-refractivity contribution in [3.05, 3.63) is 0 Å². The van der Waals surface area contributed by atoms with Gasteiger partial charge in [0.2, 0.25) is 0 Å². The van der Waals surface area contributed by atoms with E-state index >= 15 is 0 Å². The van der Waals surface area contributed by atoms with Crippen molar-refractivity contribution in [2.24, 2.45) is 0 Å². The fraction of sp³-hybridized carbons (Fsp3) is 1.00. The Morgan fingerprint density at radius 2 is 0.525 bits per heavy atom. The first kappa shape index (κ1) is 40.9. The van der Waals surface area contributed by atoms with Crippen LogP contribution in [0.2, 0.25) is 0 Å². The van der Waals surface area contributed by atoms with Crippen molar-refractivity contribution in [1.82, 2.24) is 0 Å². The minimum Gasteiger partial charge on any atom is -0.368 e. The molecular weight excluding hydrogens is 577 g/mol. The zero-order chi connectivity index (χ0) is 32.2. The van der Waals surface area contributed by atoms with Gasteiger partial charge in [-0.25, -0.2) is 0 Å². The third-order valence-corrected chi connectivity index (χ3v) is 18.7. The Balaban J connectivity index is 6.89. The molecule has 0 radical (unpaired) electrons. The predicted octanol–water partition coefficient (Wildman–Crippen LogP) is 9.77.